The smallest absolute Gasteiger partial charge is 0.219 e. The molecule has 1 amide bonds. The zero-order chi connectivity index (χ0) is 17.2. The molecule has 0 saturated carbocycles. The molecule has 2 fully saturated rings. The molecule has 2 aliphatic rings. The number of piperidine rings is 1. The van der Waals surface area contributed by atoms with E-state index in [9.17, 15) is 9.90 Å². The minimum absolute atomic E-state index is 0.119. The molecule has 2 saturated heterocycles. The lowest BCUT2D eigenvalue weighted by atomic mass is 9.74. The Labute approximate surface area is 144 Å². The number of benzene rings is 1. The van der Waals surface area contributed by atoms with Gasteiger partial charge in [0.05, 0.1) is 13.2 Å². The van der Waals surface area contributed by atoms with E-state index in [4.69, 9.17) is 4.74 Å². The summed E-state index contributed by atoms with van der Waals surface area (Å²) in [5, 5.41) is 10.1. The molecule has 3 rings (SSSR count). The van der Waals surface area contributed by atoms with E-state index >= 15 is 0 Å². The first-order valence-corrected chi connectivity index (χ1v) is 8.87. The first kappa shape index (κ1) is 17.2. The van der Waals surface area contributed by atoms with E-state index in [1.54, 1.807) is 6.92 Å². The normalized spacial score (nSPS) is 27.1. The van der Waals surface area contributed by atoms with Crippen LogP contribution in [0, 0.1) is 11.3 Å². The summed E-state index contributed by atoms with van der Waals surface area (Å²) in [7, 11) is 0. The molecule has 0 spiro atoms. The van der Waals surface area contributed by atoms with Crippen molar-refractivity contribution in [2.75, 3.05) is 39.4 Å². The summed E-state index contributed by atoms with van der Waals surface area (Å²) >= 11 is 0. The topological polar surface area (TPSA) is 53.0 Å². The maximum atomic E-state index is 11.7. The number of aliphatic hydroxyl groups is 1. The van der Waals surface area contributed by atoms with Gasteiger partial charge in [0.2, 0.25) is 5.91 Å². The van der Waals surface area contributed by atoms with Gasteiger partial charge in [-0.25, -0.2) is 0 Å². The minimum atomic E-state index is -0.165. The summed E-state index contributed by atoms with van der Waals surface area (Å²) in [6.07, 6.45) is 1.04. The Morgan fingerprint density at radius 3 is 2.96 bits per heavy atom. The molecule has 2 aliphatic heterocycles. The zero-order valence-corrected chi connectivity index (χ0v) is 14.7. The Morgan fingerprint density at radius 1 is 1.42 bits per heavy atom. The van der Waals surface area contributed by atoms with Crippen molar-refractivity contribution < 1.29 is 14.6 Å². The molecule has 1 aromatic rings. The van der Waals surface area contributed by atoms with Gasteiger partial charge in [0.1, 0.15) is 5.75 Å². The van der Waals surface area contributed by atoms with E-state index in [0.29, 0.717) is 19.1 Å². The number of aliphatic hydroxyl groups excluding tert-OH is 1. The number of ether oxygens (including phenoxy) is 1. The highest BCUT2D eigenvalue weighted by Gasteiger charge is 2.49. The maximum Gasteiger partial charge on any atom is 0.219 e. The van der Waals surface area contributed by atoms with Crippen molar-refractivity contribution in [3.05, 3.63) is 29.8 Å². The van der Waals surface area contributed by atoms with Crippen LogP contribution in [0.2, 0.25) is 0 Å². The SMILES string of the molecule is CCOc1cccc(CN2CCC3CN(C(C)=O)CC3(CO)C2)c1. The summed E-state index contributed by atoms with van der Waals surface area (Å²) in [4.78, 5) is 16.0. The number of likely N-dealkylation sites (tertiary alicyclic amines) is 2. The predicted molar refractivity (Wildman–Crippen MR) is 92.8 cm³/mol. The molecule has 1 N–H and O–H groups in total. The van der Waals surface area contributed by atoms with Crippen LogP contribution >= 0.6 is 0 Å². The third-order valence-electron chi connectivity index (χ3n) is 5.52. The Bertz CT molecular complexity index is 592. The number of carbonyl (C=O) groups is 1. The van der Waals surface area contributed by atoms with Crippen molar-refractivity contribution in [1.29, 1.82) is 0 Å². The highest BCUT2D eigenvalue weighted by atomic mass is 16.5. The molecule has 5 heteroatoms. The number of rotatable bonds is 5. The third-order valence-corrected chi connectivity index (χ3v) is 5.52. The number of nitrogens with zero attached hydrogens (tertiary/aromatic N) is 2. The van der Waals surface area contributed by atoms with Crippen molar-refractivity contribution in [2.45, 2.75) is 26.8 Å². The van der Waals surface area contributed by atoms with E-state index in [0.717, 1.165) is 38.3 Å². The summed E-state index contributed by atoms with van der Waals surface area (Å²) in [5.41, 5.74) is 1.07. The second kappa shape index (κ2) is 7.11. The number of amides is 1. The minimum Gasteiger partial charge on any atom is -0.494 e. The van der Waals surface area contributed by atoms with Gasteiger partial charge in [-0.15, -0.1) is 0 Å². The van der Waals surface area contributed by atoms with E-state index in [2.05, 4.69) is 17.0 Å². The van der Waals surface area contributed by atoms with Crippen LogP contribution in [0.4, 0.5) is 0 Å². The average Bonchev–Trinajstić information content (AvgIpc) is 2.95. The van der Waals surface area contributed by atoms with Gasteiger partial charge in [-0.3, -0.25) is 9.69 Å². The van der Waals surface area contributed by atoms with Crippen LogP contribution in [0.15, 0.2) is 24.3 Å². The lowest BCUT2D eigenvalue weighted by Crippen LogP contribution is -2.50. The molecule has 2 atom stereocenters. The first-order chi connectivity index (χ1) is 11.6. The summed E-state index contributed by atoms with van der Waals surface area (Å²) in [6, 6.07) is 8.23. The molecule has 5 nitrogen and oxygen atoms in total. The molecule has 0 bridgehead atoms. The van der Waals surface area contributed by atoms with Crippen LogP contribution in [0.1, 0.15) is 25.8 Å². The zero-order valence-electron chi connectivity index (χ0n) is 14.7. The monoisotopic (exact) mass is 332 g/mol. The van der Waals surface area contributed by atoms with Crippen LogP contribution in [0.5, 0.6) is 5.75 Å². The summed E-state index contributed by atoms with van der Waals surface area (Å²) in [6.45, 7) is 8.62. The van der Waals surface area contributed by atoms with E-state index < -0.39 is 0 Å². The quantitative estimate of drug-likeness (QED) is 0.892. The van der Waals surface area contributed by atoms with Crippen LogP contribution in [0.3, 0.4) is 0 Å². The number of hydrogen-bond donors (Lipinski definition) is 1. The highest BCUT2D eigenvalue weighted by Crippen LogP contribution is 2.42. The molecular weight excluding hydrogens is 304 g/mol. The van der Waals surface area contributed by atoms with Gasteiger partial charge < -0.3 is 14.7 Å². The van der Waals surface area contributed by atoms with Crippen LogP contribution in [-0.4, -0.2) is 60.2 Å². The maximum absolute atomic E-state index is 11.7. The summed E-state index contributed by atoms with van der Waals surface area (Å²) in [5.74, 6) is 1.44. The highest BCUT2D eigenvalue weighted by molar-refractivity contribution is 5.73. The molecule has 0 aromatic heterocycles. The third kappa shape index (κ3) is 3.42. The number of hydrogen-bond acceptors (Lipinski definition) is 4. The van der Waals surface area contributed by atoms with Gasteiger partial charge in [-0.1, -0.05) is 12.1 Å². The fraction of sp³-hybridized carbons (Fsp3) is 0.632. The van der Waals surface area contributed by atoms with Crippen LogP contribution in [0.25, 0.3) is 0 Å². The second-order valence-corrected chi connectivity index (χ2v) is 7.20. The average molecular weight is 332 g/mol. The lowest BCUT2D eigenvalue weighted by molar-refractivity contribution is -0.128. The van der Waals surface area contributed by atoms with Crippen molar-refractivity contribution in [3.8, 4) is 5.75 Å². The van der Waals surface area contributed by atoms with Crippen LogP contribution in [-0.2, 0) is 11.3 Å². The Morgan fingerprint density at radius 2 is 2.25 bits per heavy atom. The predicted octanol–water partition coefficient (Wildman–Crippen LogP) is 1.75. The van der Waals surface area contributed by atoms with Gasteiger partial charge in [0, 0.05) is 38.5 Å². The fourth-order valence-corrected chi connectivity index (χ4v) is 4.24. The standard InChI is InChI=1S/C19H28N2O3/c1-3-24-18-6-4-5-16(9-18)10-20-8-7-17-11-21(15(2)23)13-19(17,12-20)14-22/h4-6,9,17,22H,3,7-8,10-14H2,1-2H3. The molecule has 0 radical (unpaired) electrons. The molecule has 1 aromatic carbocycles. The van der Waals surface area contributed by atoms with Crippen molar-refractivity contribution in [3.63, 3.8) is 0 Å². The number of carbonyl (C=O) groups excluding carboxylic acids is 1. The van der Waals surface area contributed by atoms with Crippen molar-refractivity contribution >= 4 is 5.91 Å². The Kier molecular flexibility index (Phi) is 5.11. The van der Waals surface area contributed by atoms with Crippen molar-refractivity contribution in [1.82, 2.24) is 9.80 Å². The second-order valence-electron chi connectivity index (χ2n) is 7.20. The van der Waals surface area contributed by atoms with E-state index in [1.165, 1.54) is 5.56 Å². The largest absolute Gasteiger partial charge is 0.494 e. The van der Waals surface area contributed by atoms with E-state index in [-0.39, 0.29) is 17.9 Å². The van der Waals surface area contributed by atoms with Gasteiger partial charge in [-0.2, -0.15) is 0 Å². The Balaban J connectivity index is 1.69. The summed E-state index contributed by atoms with van der Waals surface area (Å²) < 4.78 is 5.58. The lowest BCUT2D eigenvalue weighted by Gasteiger charge is -2.43. The molecular formula is C19H28N2O3. The van der Waals surface area contributed by atoms with Gasteiger partial charge in [-0.05, 0) is 43.5 Å². The molecule has 2 heterocycles. The Hall–Kier alpha value is -1.59. The van der Waals surface area contributed by atoms with Gasteiger partial charge in [0.15, 0.2) is 0 Å². The molecule has 132 valence electrons. The molecule has 2 unspecified atom stereocenters. The van der Waals surface area contributed by atoms with E-state index in [1.807, 2.05) is 24.0 Å². The first-order valence-electron chi connectivity index (χ1n) is 8.87. The fourth-order valence-electron chi connectivity index (χ4n) is 4.24. The van der Waals surface area contributed by atoms with Crippen molar-refractivity contribution in [2.24, 2.45) is 11.3 Å². The van der Waals surface area contributed by atoms with Gasteiger partial charge in [0.25, 0.3) is 0 Å². The molecule has 24 heavy (non-hydrogen) atoms. The number of fused-ring (bicyclic) bond motifs is 1. The molecule has 0 aliphatic carbocycles. The van der Waals surface area contributed by atoms with Crippen LogP contribution < -0.4 is 4.74 Å². The van der Waals surface area contributed by atoms with Gasteiger partial charge >= 0.3 is 0 Å².